The Morgan fingerprint density at radius 3 is 3.24 bits per heavy atom. The standard InChI is InChI=1S/C11H9ClN4O/c12-9-4-8-10(15-6-14-8)11(16-9)13-5-7-2-1-3-17-7/h1-4,6H,5H2,(H,13,16)(H,14,15). The molecule has 6 heteroatoms. The Balaban J connectivity index is 1.91. The predicted molar refractivity (Wildman–Crippen MR) is 64.9 cm³/mol. The summed E-state index contributed by atoms with van der Waals surface area (Å²) in [4.78, 5) is 11.4. The van der Waals surface area contributed by atoms with Crippen LogP contribution in [0.25, 0.3) is 11.0 Å². The van der Waals surface area contributed by atoms with Crippen molar-refractivity contribution >= 4 is 28.5 Å². The van der Waals surface area contributed by atoms with Crippen LogP contribution in [-0.4, -0.2) is 15.0 Å². The van der Waals surface area contributed by atoms with Crippen molar-refractivity contribution in [2.24, 2.45) is 0 Å². The van der Waals surface area contributed by atoms with E-state index in [1.165, 1.54) is 0 Å². The van der Waals surface area contributed by atoms with Crippen LogP contribution in [0.4, 0.5) is 5.82 Å². The number of aromatic amines is 1. The van der Waals surface area contributed by atoms with Crippen LogP contribution in [0.5, 0.6) is 0 Å². The molecule has 5 nitrogen and oxygen atoms in total. The van der Waals surface area contributed by atoms with Gasteiger partial charge in [0.05, 0.1) is 24.7 Å². The summed E-state index contributed by atoms with van der Waals surface area (Å²) >= 11 is 5.92. The molecule has 0 fully saturated rings. The molecule has 3 heterocycles. The molecular formula is C11H9ClN4O. The summed E-state index contributed by atoms with van der Waals surface area (Å²) in [6.45, 7) is 0.544. The summed E-state index contributed by atoms with van der Waals surface area (Å²) in [5.41, 5.74) is 1.62. The number of H-pyrrole nitrogens is 1. The number of aromatic nitrogens is 3. The van der Waals surface area contributed by atoms with Gasteiger partial charge in [0, 0.05) is 6.07 Å². The van der Waals surface area contributed by atoms with Crippen LogP contribution in [0.1, 0.15) is 5.76 Å². The molecule has 0 amide bonds. The van der Waals surface area contributed by atoms with Crippen LogP contribution in [0.2, 0.25) is 5.15 Å². The highest BCUT2D eigenvalue weighted by Gasteiger charge is 2.07. The van der Waals surface area contributed by atoms with Gasteiger partial charge in [-0.2, -0.15) is 0 Å². The lowest BCUT2D eigenvalue weighted by Crippen LogP contribution is -2.01. The lowest BCUT2D eigenvalue weighted by molar-refractivity contribution is 0.518. The zero-order valence-electron chi connectivity index (χ0n) is 8.77. The fourth-order valence-electron chi connectivity index (χ4n) is 1.62. The van der Waals surface area contributed by atoms with E-state index in [9.17, 15) is 0 Å². The van der Waals surface area contributed by atoms with Crippen molar-refractivity contribution in [2.75, 3.05) is 5.32 Å². The maximum absolute atomic E-state index is 5.92. The minimum atomic E-state index is 0.420. The van der Waals surface area contributed by atoms with Crippen LogP contribution in [-0.2, 0) is 6.54 Å². The Hall–Kier alpha value is -2.01. The second-order valence-corrected chi connectivity index (χ2v) is 3.91. The number of nitrogens with one attached hydrogen (secondary N) is 2. The van der Waals surface area contributed by atoms with Crippen molar-refractivity contribution in [3.8, 4) is 0 Å². The Morgan fingerprint density at radius 1 is 1.47 bits per heavy atom. The van der Waals surface area contributed by atoms with Gasteiger partial charge in [-0.15, -0.1) is 0 Å². The van der Waals surface area contributed by atoms with Crippen molar-refractivity contribution in [1.29, 1.82) is 0 Å². The normalized spacial score (nSPS) is 10.9. The highest BCUT2D eigenvalue weighted by Crippen LogP contribution is 2.22. The van der Waals surface area contributed by atoms with E-state index in [0.29, 0.717) is 17.5 Å². The number of anilines is 1. The Bertz CT molecular complexity index is 632. The van der Waals surface area contributed by atoms with Crippen LogP contribution < -0.4 is 5.32 Å². The van der Waals surface area contributed by atoms with Crippen molar-refractivity contribution in [3.63, 3.8) is 0 Å². The molecule has 0 atom stereocenters. The zero-order chi connectivity index (χ0) is 11.7. The van der Waals surface area contributed by atoms with Gasteiger partial charge in [0.2, 0.25) is 0 Å². The van der Waals surface area contributed by atoms with E-state index in [0.717, 1.165) is 16.8 Å². The SMILES string of the molecule is Clc1cc2[nH]cnc2c(NCc2ccco2)n1. The van der Waals surface area contributed by atoms with Gasteiger partial charge in [-0.05, 0) is 12.1 Å². The lowest BCUT2D eigenvalue weighted by Gasteiger charge is -2.04. The third kappa shape index (κ3) is 1.97. The maximum Gasteiger partial charge on any atom is 0.156 e. The molecule has 0 radical (unpaired) electrons. The topological polar surface area (TPSA) is 66.7 Å². The second-order valence-electron chi connectivity index (χ2n) is 3.53. The van der Waals surface area contributed by atoms with E-state index in [-0.39, 0.29) is 0 Å². The fraction of sp³-hybridized carbons (Fsp3) is 0.0909. The smallest absolute Gasteiger partial charge is 0.156 e. The van der Waals surface area contributed by atoms with E-state index in [2.05, 4.69) is 20.3 Å². The molecule has 0 unspecified atom stereocenters. The Morgan fingerprint density at radius 2 is 2.41 bits per heavy atom. The van der Waals surface area contributed by atoms with Gasteiger partial charge in [0.15, 0.2) is 5.82 Å². The second kappa shape index (κ2) is 4.10. The molecule has 0 saturated heterocycles. The number of halogens is 1. The van der Waals surface area contributed by atoms with Gasteiger partial charge in [-0.3, -0.25) is 0 Å². The third-order valence-electron chi connectivity index (χ3n) is 2.39. The average molecular weight is 249 g/mol. The lowest BCUT2D eigenvalue weighted by atomic mass is 10.3. The monoisotopic (exact) mass is 248 g/mol. The minimum absolute atomic E-state index is 0.420. The first-order valence-electron chi connectivity index (χ1n) is 5.09. The van der Waals surface area contributed by atoms with Crippen LogP contribution in [0.15, 0.2) is 35.2 Å². The summed E-state index contributed by atoms with van der Waals surface area (Å²) < 4.78 is 5.23. The van der Waals surface area contributed by atoms with Crippen LogP contribution in [0, 0.1) is 0 Å². The number of hydrogen-bond acceptors (Lipinski definition) is 4. The molecule has 0 aliphatic rings. The van der Waals surface area contributed by atoms with E-state index in [1.807, 2.05) is 12.1 Å². The van der Waals surface area contributed by atoms with Crippen LogP contribution >= 0.6 is 11.6 Å². The molecule has 0 bridgehead atoms. The first-order chi connectivity index (χ1) is 8.33. The summed E-state index contributed by atoms with van der Waals surface area (Å²) in [6, 6.07) is 5.47. The van der Waals surface area contributed by atoms with Crippen molar-refractivity contribution in [3.05, 3.63) is 41.7 Å². The van der Waals surface area contributed by atoms with Gasteiger partial charge in [-0.25, -0.2) is 9.97 Å². The molecular weight excluding hydrogens is 240 g/mol. The number of nitrogens with zero attached hydrogens (tertiary/aromatic N) is 2. The summed E-state index contributed by atoms with van der Waals surface area (Å²) in [5, 5.41) is 3.57. The molecule has 0 spiro atoms. The fourth-order valence-corrected chi connectivity index (χ4v) is 1.82. The zero-order valence-corrected chi connectivity index (χ0v) is 9.53. The number of hydrogen-bond donors (Lipinski definition) is 2. The first-order valence-corrected chi connectivity index (χ1v) is 5.46. The van der Waals surface area contributed by atoms with Gasteiger partial charge in [0.25, 0.3) is 0 Å². The summed E-state index contributed by atoms with van der Waals surface area (Å²) in [5.74, 6) is 1.47. The number of imidazole rings is 1. The van der Waals surface area contributed by atoms with Crippen molar-refractivity contribution in [2.45, 2.75) is 6.54 Å². The molecule has 3 aromatic heterocycles. The van der Waals surface area contributed by atoms with Crippen molar-refractivity contribution in [1.82, 2.24) is 15.0 Å². The highest BCUT2D eigenvalue weighted by atomic mass is 35.5. The van der Waals surface area contributed by atoms with E-state index < -0.39 is 0 Å². The number of pyridine rings is 1. The van der Waals surface area contributed by atoms with Crippen molar-refractivity contribution < 1.29 is 4.42 Å². The quantitative estimate of drug-likeness (QED) is 0.700. The molecule has 3 rings (SSSR count). The maximum atomic E-state index is 5.92. The van der Waals surface area contributed by atoms with E-state index in [1.54, 1.807) is 18.7 Å². The Kier molecular flexibility index (Phi) is 2.45. The summed E-state index contributed by atoms with van der Waals surface area (Å²) in [6.07, 6.45) is 3.24. The van der Waals surface area contributed by atoms with Crippen LogP contribution in [0.3, 0.4) is 0 Å². The molecule has 0 aromatic carbocycles. The molecule has 86 valence electrons. The van der Waals surface area contributed by atoms with E-state index >= 15 is 0 Å². The van der Waals surface area contributed by atoms with Gasteiger partial charge in [0.1, 0.15) is 16.4 Å². The minimum Gasteiger partial charge on any atom is -0.467 e. The molecule has 17 heavy (non-hydrogen) atoms. The number of rotatable bonds is 3. The molecule has 0 aliphatic carbocycles. The molecule has 0 saturated carbocycles. The highest BCUT2D eigenvalue weighted by molar-refractivity contribution is 6.30. The largest absolute Gasteiger partial charge is 0.467 e. The van der Waals surface area contributed by atoms with Gasteiger partial charge >= 0.3 is 0 Å². The average Bonchev–Trinajstić information content (AvgIpc) is 2.95. The summed E-state index contributed by atoms with van der Waals surface area (Å²) in [7, 11) is 0. The first kappa shape index (κ1) is 10.2. The number of furan rings is 1. The number of fused-ring (bicyclic) bond motifs is 1. The van der Waals surface area contributed by atoms with Gasteiger partial charge < -0.3 is 14.7 Å². The molecule has 0 aliphatic heterocycles. The predicted octanol–water partition coefficient (Wildman–Crippen LogP) is 2.82. The third-order valence-corrected chi connectivity index (χ3v) is 2.58. The van der Waals surface area contributed by atoms with E-state index in [4.69, 9.17) is 16.0 Å². The molecule has 3 aromatic rings. The Labute approximate surface area is 102 Å². The van der Waals surface area contributed by atoms with Gasteiger partial charge in [-0.1, -0.05) is 11.6 Å². The molecule has 2 N–H and O–H groups in total.